The topological polar surface area (TPSA) is 90.6 Å². The highest BCUT2D eigenvalue weighted by atomic mass is 32.1. The van der Waals surface area contributed by atoms with Crippen LogP contribution in [-0.2, 0) is 0 Å². The van der Waals surface area contributed by atoms with Crippen LogP contribution < -0.4 is 5.32 Å². The molecule has 3 N–H and O–H groups in total. The Hall–Kier alpha value is -3.19. The molecule has 5 rings (SSSR count). The lowest BCUT2D eigenvalue weighted by molar-refractivity contribution is 0.102. The molecule has 4 aromatic rings. The lowest BCUT2D eigenvalue weighted by Gasteiger charge is -1.98. The molecule has 0 atom stereocenters. The summed E-state index contributed by atoms with van der Waals surface area (Å²) in [6.45, 7) is 0. The van der Waals surface area contributed by atoms with Gasteiger partial charge in [-0.25, -0.2) is 0 Å². The van der Waals surface area contributed by atoms with Crippen LogP contribution in [-0.4, -0.2) is 26.9 Å². The quantitative estimate of drug-likeness (QED) is 0.453. The van der Waals surface area contributed by atoms with Gasteiger partial charge in [0.2, 0.25) is 5.78 Å². The van der Waals surface area contributed by atoms with Crippen molar-refractivity contribution in [3.8, 4) is 0 Å². The Balaban J connectivity index is 1.33. The molecule has 3 aromatic heterocycles. The molecule has 1 aliphatic carbocycles. The number of fused-ring (bicyclic) bond motifs is 1. The maximum Gasteiger partial charge on any atom is 0.273 e. The first-order valence-corrected chi connectivity index (χ1v) is 9.57. The molecule has 134 valence electrons. The Morgan fingerprint density at radius 2 is 2.00 bits per heavy atom. The van der Waals surface area contributed by atoms with Crippen molar-refractivity contribution in [2.45, 2.75) is 18.8 Å². The summed E-state index contributed by atoms with van der Waals surface area (Å²) in [4.78, 5) is 28.7. The molecular formula is C20H16N4O2S. The van der Waals surface area contributed by atoms with E-state index in [4.69, 9.17) is 0 Å². The molecule has 1 fully saturated rings. The van der Waals surface area contributed by atoms with Crippen LogP contribution in [0.25, 0.3) is 10.1 Å². The van der Waals surface area contributed by atoms with Crippen LogP contribution in [0.4, 0.5) is 5.82 Å². The van der Waals surface area contributed by atoms with Gasteiger partial charge in [0.05, 0.1) is 4.88 Å². The molecule has 0 aliphatic heterocycles. The minimum atomic E-state index is -0.320. The van der Waals surface area contributed by atoms with Gasteiger partial charge < -0.3 is 10.3 Å². The van der Waals surface area contributed by atoms with Crippen LogP contribution in [0.5, 0.6) is 0 Å². The van der Waals surface area contributed by atoms with Crippen molar-refractivity contribution < 1.29 is 9.59 Å². The first-order valence-electron chi connectivity index (χ1n) is 8.76. The van der Waals surface area contributed by atoms with Gasteiger partial charge in [-0.1, -0.05) is 18.2 Å². The third kappa shape index (κ3) is 3.06. The fourth-order valence-corrected chi connectivity index (χ4v) is 4.11. The summed E-state index contributed by atoms with van der Waals surface area (Å²) < 4.78 is 1.07. The molecule has 0 radical (unpaired) electrons. The van der Waals surface area contributed by atoms with Crippen molar-refractivity contribution in [2.75, 3.05) is 5.32 Å². The van der Waals surface area contributed by atoms with E-state index in [2.05, 4.69) is 20.5 Å². The van der Waals surface area contributed by atoms with Gasteiger partial charge in [-0.05, 0) is 36.4 Å². The van der Waals surface area contributed by atoms with Gasteiger partial charge in [-0.3, -0.25) is 14.7 Å². The predicted octanol–water partition coefficient (Wildman–Crippen LogP) is 4.31. The summed E-state index contributed by atoms with van der Waals surface area (Å²) in [5.74, 6) is 0.620. The number of thiophene rings is 1. The van der Waals surface area contributed by atoms with Crippen LogP contribution in [0.15, 0.2) is 48.7 Å². The molecular weight excluding hydrogens is 360 g/mol. The third-order valence-electron chi connectivity index (χ3n) is 4.70. The second-order valence-electron chi connectivity index (χ2n) is 6.72. The number of H-pyrrole nitrogens is 2. The van der Waals surface area contributed by atoms with Crippen molar-refractivity contribution in [3.05, 3.63) is 70.5 Å². The molecule has 0 spiro atoms. The zero-order valence-electron chi connectivity index (χ0n) is 14.3. The van der Waals surface area contributed by atoms with Crippen LogP contribution in [0, 0.1) is 0 Å². The van der Waals surface area contributed by atoms with Gasteiger partial charge in [0.25, 0.3) is 5.91 Å². The maximum atomic E-state index is 12.7. The number of benzene rings is 1. The number of carbonyl (C=O) groups is 2. The molecule has 1 saturated carbocycles. The van der Waals surface area contributed by atoms with Crippen LogP contribution in [0.3, 0.4) is 0 Å². The van der Waals surface area contributed by atoms with Crippen molar-refractivity contribution in [1.29, 1.82) is 0 Å². The summed E-state index contributed by atoms with van der Waals surface area (Å²) in [6.07, 6.45) is 3.90. The highest BCUT2D eigenvalue weighted by molar-refractivity contribution is 7.21. The molecule has 1 amide bonds. The number of nitrogens with zero attached hydrogens (tertiary/aromatic N) is 1. The first-order chi connectivity index (χ1) is 13.2. The van der Waals surface area contributed by atoms with E-state index in [1.54, 1.807) is 12.3 Å². The van der Waals surface area contributed by atoms with E-state index in [1.807, 2.05) is 36.4 Å². The van der Waals surface area contributed by atoms with Gasteiger partial charge in [-0.15, -0.1) is 11.3 Å². The lowest BCUT2D eigenvalue weighted by atomic mass is 10.1. The van der Waals surface area contributed by atoms with Gasteiger partial charge in [0.1, 0.15) is 5.69 Å². The number of rotatable bonds is 5. The summed E-state index contributed by atoms with van der Waals surface area (Å²) in [5, 5.41) is 10.9. The van der Waals surface area contributed by atoms with Crippen LogP contribution >= 0.6 is 11.3 Å². The summed E-state index contributed by atoms with van der Waals surface area (Å²) >= 11 is 1.45. The Morgan fingerprint density at radius 1 is 1.15 bits per heavy atom. The maximum absolute atomic E-state index is 12.7. The molecule has 0 bridgehead atoms. The molecule has 27 heavy (non-hydrogen) atoms. The Morgan fingerprint density at radius 3 is 2.81 bits per heavy atom. The molecule has 6 nitrogen and oxygen atoms in total. The zero-order valence-corrected chi connectivity index (χ0v) is 15.1. The minimum absolute atomic E-state index is 0.0951. The van der Waals surface area contributed by atoms with Crippen molar-refractivity contribution in [3.63, 3.8) is 0 Å². The molecule has 1 aromatic carbocycles. The van der Waals surface area contributed by atoms with Gasteiger partial charge in [0.15, 0.2) is 5.82 Å². The molecule has 0 unspecified atom stereocenters. The number of nitrogens with one attached hydrogen (secondary N) is 3. The fourth-order valence-electron chi connectivity index (χ4n) is 3.08. The molecule has 1 aliphatic rings. The number of anilines is 1. The number of ketones is 1. The smallest absolute Gasteiger partial charge is 0.273 e. The highest BCUT2D eigenvalue weighted by Gasteiger charge is 2.26. The standard InChI is InChI=1S/C20H16N4O2S/c25-19(17-8-12-3-1-2-4-16(12)27-17)13-7-15(21-10-13)20(26)22-18-9-14(23-24-18)11-5-6-11/h1-4,7-11,21H,5-6H2,(H2,22,23,24,26). The number of carbonyl (C=O) groups excluding carboxylic acids is 2. The number of hydrogen-bond donors (Lipinski definition) is 3. The monoisotopic (exact) mass is 376 g/mol. The average Bonchev–Trinajstić information content (AvgIpc) is 3.11. The largest absolute Gasteiger partial charge is 0.356 e. The van der Waals surface area contributed by atoms with Crippen LogP contribution in [0.1, 0.15) is 50.2 Å². The zero-order chi connectivity index (χ0) is 18.4. The molecule has 0 saturated heterocycles. The lowest BCUT2D eigenvalue weighted by Crippen LogP contribution is -2.12. The van der Waals surface area contributed by atoms with E-state index in [0.29, 0.717) is 27.9 Å². The van der Waals surface area contributed by atoms with E-state index in [9.17, 15) is 9.59 Å². The summed E-state index contributed by atoms with van der Waals surface area (Å²) in [7, 11) is 0. The molecule has 7 heteroatoms. The Bertz CT molecular complexity index is 1130. The van der Waals surface area contributed by atoms with Crippen molar-refractivity contribution >= 4 is 38.9 Å². The van der Waals surface area contributed by atoms with E-state index < -0.39 is 0 Å². The number of aromatic nitrogens is 3. The van der Waals surface area contributed by atoms with Crippen molar-refractivity contribution in [1.82, 2.24) is 15.2 Å². The van der Waals surface area contributed by atoms with E-state index >= 15 is 0 Å². The number of amides is 1. The van der Waals surface area contributed by atoms with E-state index in [1.165, 1.54) is 11.3 Å². The van der Waals surface area contributed by atoms with Gasteiger partial charge in [0, 0.05) is 34.1 Å². The van der Waals surface area contributed by atoms with E-state index in [-0.39, 0.29) is 11.7 Å². The van der Waals surface area contributed by atoms with Crippen molar-refractivity contribution in [2.24, 2.45) is 0 Å². The Labute approximate surface area is 158 Å². The second kappa shape index (κ2) is 6.21. The van der Waals surface area contributed by atoms with Gasteiger partial charge >= 0.3 is 0 Å². The number of hydrogen-bond acceptors (Lipinski definition) is 4. The SMILES string of the molecule is O=C(Nc1cc(C2CC2)[nH]n1)c1cc(C(=O)c2cc3ccccc3s2)c[nH]1. The van der Waals surface area contributed by atoms with E-state index in [0.717, 1.165) is 28.6 Å². The Kier molecular flexibility index (Phi) is 3.68. The average molecular weight is 376 g/mol. The summed E-state index contributed by atoms with van der Waals surface area (Å²) in [6, 6.07) is 13.2. The predicted molar refractivity (Wildman–Crippen MR) is 105 cm³/mol. The fraction of sp³-hybridized carbons (Fsp3) is 0.150. The van der Waals surface area contributed by atoms with Gasteiger partial charge in [-0.2, -0.15) is 5.10 Å². The third-order valence-corrected chi connectivity index (χ3v) is 5.81. The normalized spacial score (nSPS) is 13.8. The number of aromatic amines is 2. The first kappa shape index (κ1) is 16.0. The van der Waals surface area contributed by atoms with Crippen LogP contribution in [0.2, 0.25) is 0 Å². The summed E-state index contributed by atoms with van der Waals surface area (Å²) in [5.41, 5.74) is 1.85. The highest BCUT2D eigenvalue weighted by Crippen LogP contribution is 2.39. The molecule has 3 heterocycles. The minimum Gasteiger partial charge on any atom is -0.356 e. The second-order valence-corrected chi connectivity index (χ2v) is 7.80.